The fourth-order valence-electron chi connectivity index (χ4n) is 5.43. The van der Waals surface area contributed by atoms with E-state index in [9.17, 15) is 19.5 Å². The molecule has 3 heterocycles. The van der Waals surface area contributed by atoms with Crippen LogP contribution in [0.2, 0.25) is 0 Å². The van der Waals surface area contributed by atoms with Crippen LogP contribution in [-0.2, 0) is 0 Å². The predicted octanol–water partition coefficient (Wildman–Crippen LogP) is 6.90. The Morgan fingerprint density at radius 3 is 1.82 bits per heavy atom. The monoisotopic (exact) mass is 562 g/mol. The Bertz CT molecular complexity index is 2120. The third-order valence-corrected chi connectivity index (χ3v) is 10.1. The Morgan fingerprint density at radius 1 is 0.692 bits per heavy atom. The summed E-state index contributed by atoms with van der Waals surface area (Å²) in [6.07, 6.45) is 2.47. The molecule has 0 saturated carbocycles. The summed E-state index contributed by atoms with van der Waals surface area (Å²) in [4.78, 5) is 40.5. The number of ketones is 3. The van der Waals surface area contributed by atoms with Gasteiger partial charge < -0.3 is 5.11 Å². The van der Waals surface area contributed by atoms with E-state index in [1.807, 2.05) is 18.2 Å². The summed E-state index contributed by atoms with van der Waals surface area (Å²) in [5.41, 5.74) is 4.06. The molecule has 2 aliphatic rings. The summed E-state index contributed by atoms with van der Waals surface area (Å²) in [5.74, 6) is -0.688. The van der Waals surface area contributed by atoms with E-state index in [1.54, 1.807) is 54.6 Å². The highest BCUT2D eigenvalue weighted by molar-refractivity contribution is 7.28. The van der Waals surface area contributed by atoms with Gasteiger partial charge in [-0.2, -0.15) is 8.75 Å². The number of benzene rings is 3. The Labute approximate surface area is 232 Å². The molecular weight excluding hydrogens is 549 g/mol. The lowest BCUT2D eigenvalue weighted by atomic mass is 10.1. The van der Waals surface area contributed by atoms with Gasteiger partial charge in [0.1, 0.15) is 17.1 Å². The summed E-state index contributed by atoms with van der Waals surface area (Å²) < 4.78 is 11.1. The lowest BCUT2D eigenvalue weighted by molar-refractivity contribution is 0.0986. The molecule has 0 amide bonds. The SMILES string of the molecule is O=C1C(=Cc2cc3c4nsnc4c4cc(/C=C5\C(=O)c6ccccc6C5O)sc4c3s2)C(=O)c2ccccc21. The van der Waals surface area contributed by atoms with Gasteiger partial charge in [-0.25, -0.2) is 0 Å². The number of aliphatic hydroxyl groups is 1. The van der Waals surface area contributed by atoms with Crippen molar-refractivity contribution in [1.82, 2.24) is 8.75 Å². The molecule has 1 N–H and O–H groups in total. The molecule has 0 radical (unpaired) electrons. The fourth-order valence-corrected chi connectivity index (χ4v) is 8.37. The largest absolute Gasteiger partial charge is 0.383 e. The lowest BCUT2D eigenvalue weighted by Crippen LogP contribution is -1.99. The van der Waals surface area contributed by atoms with E-state index in [-0.39, 0.29) is 22.9 Å². The minimum absolute atomic E-state index is 0.163. The molecule has 0 aliphatic heterocycles. The highest BCUT2D eigenvalue weighted by Gasteiger charge is 2.34. The van der Waals surface area contributed by atoms with Crippen molar-refractivity contribution in [2.75, 3.05) is 0 Å². The second kappa shape index (κ2) is 8.17. The van der Waals surface area contributed by atoms with Crippen molar-refractivity contribution >= 4 is 95.1 Å². The average molecular weight is 563 g/mol. The maximum atomic E-state index is 13.0. The van der Waals surface area contributed by atoms with E-state index in [4.69, 9.17) is 0 Å². The van der Waals surface area contributed by atoms with Crippen LogP contribution in [-0.4, -0.2) is 31.2 Å². The van der Waals surface area contributed by atoms with Crippen LogP contribution in [0, 0.1) is 0 Å². The molecule has 6 nitrogen and oxygen atoms in total. The van der Waals surface area contributed by atoms with Crippen LogP contribution in [0.25, 0.3) is 43.4 Å². The summed E-state index contributed by atoms with van der Waals surface area (Å²) in [5, 5.41) is 12.7. The standard InChI is InChI=1S/C30H14N2O4S3/c33-25-15-5-1-2-6-16(15)26(34)21(25)11-13-9-19-23-24(32-39-31-23)20-10-14(38-30(20)29(19)37-13)12-22-27(35)17-7-3-4-8-18(17)28(22)36/h1-12,25,33H/b21-11-. The second-order valence-corrected chi connectivity index (χ2v) is 12.1. The molecule has 0 spiro atoms. The fraction of sp³-hybridized carbons (Fsp3) is 0.0333. The van der Waals surface area contributed by atoms with Crippen LogP contribution >= 0.6 is 34.4 Å². The Balaban J connectivity index is 1.28. The maximum Gasteiger partial charge on any atom is 0.197 e. The van der Waals surface area contributed by atoms with Crippen molar-refractivity contribution in [3.05, 3.63) is 104 Å². The van der Waals surface area contributed by atoms with E-state index in [0.29, 0.717) is 27.8 Å². The molecular formula is C30H14N2O4S3. The minimum Gasteiger partial charge on any atom is -0.383 e. The predicted molar refractivity (Wildman–Crippen MR) is 155 cm³/mol. The van der Waals surface area contributed by atoms with E-state index in [0.717, 1.165) is 52.7 Å². The summed E-state index contributed by atoms with van der Waals surface area (Å²) in [6.45, 7) is 0. The molecule has 1 unspecified atom stereocenters. The maximum absolute atomic E-state index is 13.0. The van der Waals surface area contributed by atoms with Gasteiger partial charge in [-0.1, -0.05) is 48.5 Å². The Hall–Kier alpha value is -4.15. The highest BCUT2D eigenvalue weighted by atomic mass is 32.1. The topological polar surface area (TPSA) is 97.2 Å². The molecule has 2 aliphatic carbocycles. The highest BCUT2D eigenvalue weighted by Crippen LogP contribution is 2.45. The van der Waals surface area contributed by atoms with Gasteiger partial charge in [0.25, 0.3) is 0 Å². The van der Waals surface area contributed by atoms with Crippen molar-refractivity contribution in [3.63, 3.8) is 0 Å². The number of aromatic nitrogens is 2. The van der Waals surface area contributed by atoms with Crippen LogP contribution in [0.4, 0.5) is 0 Å². The van der Waals surface area contributed by atoms with Gasteiger partial charge in [0.2, 0.25) is 0 Å². The minimum atomic E-state index is -0.967. The van der Waals surface area contributed by atoms with Crippen molar-refractivity contribution in [3.8, 4) is 0 Å². The number of hydrogen-bond acceptors (Lipinski definition) is 9. The molecule has 0 saturated heterocycles. The quantitative estimate of drug-likeness (QED) is 0.182. The molecule has 6 aromatic rings. The van der Waals surface area contributed by atoms with Gasteiger partial charge >= 0.3 is 0 Å². The van der Waals surface area contributed by atoms with Crippen LogP contribution in [0.5, 0.6) is 0 Å². The smallest absolute Gasteiger partial charge is 0.197 e. The van der Waals surface area contributed by atoms with E-state index >= 15 is 0 Å². The third kappa shape index (κ3) is 3.18. The number of nitrogens with zero attached hydrogens (tertiary/aromatic N) is 2. The van der Waals surface area contributed by atoms with E-state index < -0.39 is 6.10 Å². The number of hydrogen-bond donors (Lipinski definition) is 1. The summed E-state index contributed by atoms with van der Waals surface area (Å²) in [7, 11) is 0. The van der Waals surface area contributed by atoms with Crippen LogP contribution in [0.1, 0.15) is 52.5 Å². The lowest BCUT2D eigenvalue weighted by Gasteiger charge is -2.03. The number of carbonyl (C=O) groups excluding carboxylic acids is 3. The number of thiophene rings is 2. The summed E-state index contributed by atoms with van der Waals surface area (Å²) >= 11 is 4.13. The van der Waals surface area contributed by atoms with Gasteiger partial charge in [0.15, 0.2) is 17.3 Å². The van der Waals surface area contributed by atoms with Crippen molar-refractivity contribution in [2.45, 2.75) is 6.10 Å². The molecule has 0 bridgehead atoms. The average Bonchev–Trinajstić information content (AvgIpc) is 3.76. The number of allylic oxidation sites excluding steroid dienone is 1. The van der Waals surface area contributed by atoms with Crippen LogP contribution in [0.3, 0.4) is 0 Å². The second-order valence-electron chi connectivity index (χ2n) is 9.43. The first-order valence-corrected chi connectivity index (χ1v) is 14.4. The first-order valence-electron chi connectivity index (χ1n) is 12.0. The number of fused-ring (bicyclic) bond motifs is 8. The molecule has 1 atom stereocenters. The zero-order chi connectivity index (χ0) is 26.4. The van der Waals surface area contributed by atoms with Gasteiger partial charge in [-0.3, -0.25) is 14.4 Å². The zero-order valence-electron chi connectivity index (χ0n) is 19.8. The first kappa shape index (κ1) is 22.8. The zero-order valence-corrected chi connectivity index (χ0v) is 22.2. The Morgan fingerprint density at radius 2 is 1.23 bits per heavy atom. The molecule has 0 fully saturated rings. The molecule has 3 aromatic carbocycles. The number of rotatable bonds is 2. The third-order valence-electron chi connectivity index (χ3n) is 7.25. The number of aliphatic hydroxyl groups excluding tert-OH is 1. The molecule has 3 aromatic heterocycles. The molecule has 186 valence electrons. The van der Waals surface area contributed by atoms with Gasteiger partial charge in [0, 0.05) is 42.8 Å². The van der Waals surface area contributed by atoms with E-state index in [2.05, 4.69) is 8.75 Å². The normalized spacial score (nSPS) is 17.8. The van der Waals surface area contributed by atoms with Crippen molar-refractivity contribution < 1.29 is 19.5 Å². The van der Waals surface area contributed by atoms with Crippen molar-refractivity contribution in [1.29, 1.82) is 0 Å². The van der Waals surface area contributed by atoms with E-state index in [1.165, 1.54) is 22.7 Å². The van der Waals surface area contributed by atoms with Crippen LogP contribution < -0.4 is 0 Å². The summed E-state index contributed by atoms with van der Waals surface area (Å²) in [6, 6.07) is 17.9. The van der Waals surface area contributed by atoms with Gasteiger partial charge in [0.05, 0.1) is 26.7 Å². The number of Topliss-reactive ketones (excluding diaryl/α,β-unsaturated/α-hetero) is 3. The van der Waals surface area contributed by atoms with Gasteiger partial charge in [-0.15, -0.1) is 22.7 Å². The molecule has 9 heteroatoms. The van der Waals surface area contributed by atoms with Crippen LogP contribution in [0.15, 0.2) is 71.8 Å². The molecule has 8 rings (SSSR count). The first-order chi connectivity index (χ1) is 19.0. The Kier molecular flexibility index (Phi) is 4.78. The molecule has 39 heavy (non-hydrogen) atoms. The van der Waals surface area contributed by atoms with Gasteiger partial charge in [-0.05, 0) is 29.8 Å². The number of carbonyl (C=O) groups is 3. The van der Waals surface area contributed by atoms with Crippen molar-refractivity contribution in [2.24, 2.45) is 0 Å².